The quantitative estimate of drug-likeness (QED) is 0.787. The molecule has 0 saturated carbocycles. The monoisotopic (exact) mass is 236 g/mol. The van der Waals surface area contributed by atoms with Gasteiger partial charge in [0.15, 0.2) is 0 Å². The number of ether oxygens (including phenoxy) is 1. The van der Waals surface area contributed by atoms with Crippen LogP contribution in [-0.2, 0) is 0 Å². The third-order valence-electron chi connectivity index (χ3n) is 2.77. The zero-order valence-electron chi connectivity index (χ0n) is 11.4. The van der Waals surface area contributed by atoms with Gasteiger partial charge in [0, 0.05) is 31.9 Å². The first-order valence-corrected chi connectivity index (χ1v) is 6.31. The maximum atomic E-state index is 5.81. The fourth-order valence-corrected chi connectivity index (χ4v) is 1.66. The molecule has 0 aliphatic heterocycles. The molecule has 96 valence electrons. The summed E-state index contributed by atoms with van der Waals surface area (Å²) in [5, 5.41) is 3.40. The van der Waals surface area contributed by atoms with Gasteiger partial charge in [-0.15, -0.1) is 0 Å². The lowest BCUT2D eigenvalue weighted by molar-refractivity contribution is 0.262. The van der Waals surface area contributed by atoms with Gasteiger partial charge in [-0.25, -0.2) is 0 Å². The van der Waals surface area contributed by atoms with Crippen LogP contribution in [0.4, 0.5) is 5.69 Å². The molecular formula is C14H24N2O. The lowest BCUT2D eigenvalue weighted by Gasteiger charge is -2.18. The molecule has 0 bridgehead atoms. The van der Waals surface area contributed by atoms with Crippen molar-refractivity contribution in [3.05, 3.63) is 24.3 Å². The molecule has 0 spiro atoms. The number of hydrogen-bond acceptors (Lipinski definition) is 3. The lowest BCUT2D eigenvalue weighted by atomic mass is 10.2. The summed E-state index contributed by atoms with van der Waals surface area (Å²) in [6.45, 7) is 6.00. The van der Waals surface area contributed by atoms with Crippen LogP contribution < -0.4 is 15.0 Å². The second-order valence-corrected chi connectivity index (χ2v) is 4.37. The Hall–Kier alpha value is -1.22. The Morgan fingerprint density at radius 3 is 2.65 bits per heavy atom. The van der Waals surface area contributed by atoms with Crippen LogP contribution in [0.3, 0.4) is 0 Å². The summed E-state index contributed by atoms with van der Waals surface area (Å²) < 4.78 is 5.81. The Balaban J connectivity index is 2.53. The molecule has 0 saturated heterocycles. The first-order chi connectivity index (χ1) is 8.17. The highest BCUT2D eigenvalue weighted by Crippen LogP contribution is 2.19. The van der Waals surface area contributed by atoms with Crippen LogP contribution in [0, 0.1) is 0 Å². The van der Waals surface area contributed by atoms with E-state index in [4.69, 9.17) is 4.74 Å². The summed E-state index contributed by atoms with van der Waals surface area (Å²) in [5.41, 5.74) is 1.17. The van der Waals surface area contributed by atoms with Gasteiger partial charge in [0.05, 0.1) is 0 Å². The van der Waals surface area contributed by atoms with Gasteiger partial charge < -0.3 is 15.0 Å². The van der Waals surface area contributed by atoms with Gasteiger partial charge in [-0.05, 0) is 25.1 Å². The summed E-state index contributed by atoms with van der Waals surface area (Å²) in [5.74, 6) is 0.938. The number of benzene rings is 1. The summed E-state index contributed by atoms with van der Waals surface area (Å²) in [4.78, 5) is 2.08. The van der Waals surface area contributed by atoms with E-state index in [1.165, 1.54) is 5.69 Å². The van der Waals surface area contributed by atoms with Crippen molar-refractivity contribution in [2.75, 3.05) is 32.1 Å². The zero-order valence-corrected chi connectivity index (χ0v) is 11.4. The summed E-state index contributed by atoms with van der Waals surface area (Å²) in [6.07, 6.45) is 1.08. The molecule has 0 aliphatic carbocycles. The fraction of sp³-hybridized carbons (Fsp3) is 0.571. The van der Waals surface area contributed by atoms with E-state index in [0.29, 0.717) is 6.04 Å². The number of hydrogen-bond donors (Lipinski definition) is 1. The molecule has 0 aliphatic rings. The van der Waals surface area contributed by atoms with E-state index in [1.54, 1.807) is 0 Å². The van der Waals surface area contributed by atoms with Gasteiger partial charge >= 0.3 is 0 Å². The first kappa shape index (κ1) is 13.8. The standard InChI is InChI=1S/C14H24N2O/c1-5-12(15-6-2)11-17-14-9-7-8-13(10-14)16(3)4/h7-10,12,15H,5-6,11H2,1-4H3. The molecule has 1 aromatic carbocycles. The lowest BCUT2D eigenvalue weighted by Crippen LogP contribution is -2.33. The Kier molecular flexibility index (Phi) is 5.84. The van der Waals surface area contributed by atoms with E-state index >= 15 is 0 Å². The molecule has 0 heterocycles. The Morgan fingerprint density at radius 2 is 2.06 bits per heavy atom. The maximum absolute atomic E-state index is 5.81. The van der Waals surface area contributed by atoms with Crippen LogP contribution in [0.2, 0.25) is 0 Å². The predicted octanol–water partition coefficient (Wildman–Crippen LogP) is 2.52. The SMILES string of the molecule is CCNC(CC)COc1cccc(N(C)C)c1. The molecule has 3 heteroatoms. The van der Waals surface area contributed by atoms with Crippen molar-refractivity contribution in [3.8, 4) is 5.75 Å². The third kappa shape index (κ3) is 4.65. The largest absolute Gasteiger partial charge is 0.492 e. The highest BCUT2D eigenvalue weighted by atomic mass is 16.5. The highest BCUT2D eigenvalue weighted by molar-refractivity contribution is 5.49. The minimum Gasteiger partial charge on any atom is -0.492 e. The molecule has 1 rings (SSSR count). The summed E-state index contributed by atoms with van der Waals surface area (Å²) >= 11 is 0. The van der Waals surface area contributed by atoms with Crippen molar-refractivity contribution < 1.29 is 4.74 Å². The number of nitrogens with zero attached hydrogens (tertiary/aromatic N) is 1. The van der Waals surface area contributed by atoms with Crippen LogP contribution in [-0.4, -0.2) is 33.3 Å². The van der Waals surface area contributed by atoms with Crippen molar-refractivity contribution in [3.63, 3.8) is 0 Å². The number of likely N-dealkylation sites (N-methyl/N-ethyl adjacent to an activating group) is 1. The van der Waals surface area contributed by atoms with Crippen molar-refractivity contribution in [1.29, 1.82) is 0 Å². The summed E-state index contributed by atoms with van der Waals surface area (Å²) in [6, 6.07) is 8.61. The second kappa shape index (κ2) is 7.17. The van der Waals surface area contributed by atoms with E-state index in [9.17, 15) is 0 Å². The number of anilines is 1. The highest BCUT2D eigenvalue weighted by Gasteiger charge is 2.05. The smallest absolute Gasteiger partial charge is 0.121 e. The molecule has 1 unspecified atom stereocenters. The van der Waals surface area contributed by atoms with Crippen molar-refractivity contribution in [2.45, 2.75) is 26.3 Å². The van der Waals surface area contributed by atoms with Crippen LogP contribution in [0.25, 0.3) is 0 Å². The Bertz CT molecular complexity index is 326. The number of nitrogens with one attached hydrogen (secondary N) is 1. The average Bonchev–Trinajstić information content (AvgIpc) is 2.34. The van der Waals surface area contributed by atoms with Crippen molar-refractivity contribution in [1.82, 2.24) is 5.32 Å². The zero-order chi connectivity index (χ0) is 12.7. The topological polar surface area (TPSA) is 24.5 Å². The second-order valence-electron chi connectivity index (χ2n) is 4.37. The molecule has 0 fully saturated rings. The van der Waals surface area contributed by atoms with E-state index in [2.05, 4.69) is 36.2 Å². The van der Waals surface area contributed by atoms with E-state index in [1.807, 2.05) is 26.2 Å². The Labute approximate surface area is 105 Å². The minimum absolute atomic E-state index is 0.433. The van der Waals surface area contributed by atoms with Gasteiger partial charge in [0.2, 0.25) is 0 Å². The molecule has 1 aromatic rings. The van der Waals surface area contributed by atoms with Gasteiger partial charge in [-0.1, -0.05) is 19.9 Å². The van der Waals surface area contributed by atoms with Gasteiger partial charge in [0.25, 0.3) is 0 Å². The predicted molar refractivity (Wildman–Crippen MR) is 74.0 cm³/mol. The fourth-order valence-electron chi connectivity index (χ4n) is 1.66. The van der Waals surface area contributed by atoms with Crippen molar-refractivity contribution >= 4 is 5.69 Å². The summed E-state index contributed by atoms with van der Waals surface area (Å²) in [7, 11) is 4.07. The van der Waals surface area contributed by atoms with Gasteiger partial charge in [0.1, 0.15) is 12.4 Å². The van der Waals surface area contributed by atoms with E-state index in [-0.39, 0.29) is 0 Å². The van der Waals surface area contributed by atoms with Gasteiger partial charge in [-0.3, -0.25) is 0 Å². The van der Waals surface area contributed by atoms with Crippen LogP contribution in [0.5, 0.6) is 5.75 Å². The van der Waals surface area contributed by atoms with Crippen molar-refractivity contribution in [2.24, 2.45) is 0 Å². The van der Waals surface area contributed by atoms with E-state index < -0.39 is 0 Å². The molecule has 1 atom stereocenters. The Morgan fingerprint density at radius 1 is 1.29 bits per heavy atom. The molecule has 3 nitrogen and oxygen atoms in total. The molecule has 1 N–H and O–H groups in total. The molecule has 0 radical (unpaired) electrons. The molecule has 0 aromatic heterocycles. The maximum Gasteiger partial charge on any atom is 0.121 e. The van der Waals surface area contributed by atoms with Crippen LogP contribution in [0.1, 0.15) is 20.3 Å². The van der Waals surface area contributed by atoms with Crippen LogP contribution in [0.15, 0.2) is 24.3 Å². The average molecular weight is 236 g/mol. The molecule has 17 heavy (non-hydrogen) atoms. The van der Waals surface area contributed by atoms with Gasteiger partial charge in [-0.2, -0.15) is 0 Å². The third-order valence-corrected chi connectivity index (χ3v) is 2.77. The minimum atomic E-state index is 0.433. The number of rotatable bonds is 7. The molecular weight excluding hydrogens is 212 g/mol. The first-order valence-electron chi connectivity index (χ1n) is 6.31. The molecule has 0 amide bonds. The normalized spacial score (nSPS) is 12.2. The van der Waals surface area contributed by atoms with E-state index in [0.717, 1.165) is 25.3 Å². The van der Waals surface area contributed by atoms with Crippen LogP contribution >= 0.6 is 0 Å².